The molecule has 0 amide bonds. The molecule has 3 N–H and O–H groups in total. The predicted octanol–water partition coefficient (Wildman–Crippen LogP) is 0.931. The lowest BCUT2D eigenvalue weighted by atomic mass is 10.3. The highest BCUT2D eigenvalue weighted by Crippen LogP contribution is 2.16. The van der Waals surface area contributed by atoms with Crippen molar-refractivity contribution in [2.75, 3.05) is 23.7 Å². The minimum atomic E-state index is -0.450. The van der Waals surface area contributed by atoms with Gasteiger partial charge in [0, 0.05) is 19.6 Å². The molecule has 0 atom stereocenters. The Morgan fingerprint density at radius 2 is 2.11 bits per heavy atom. The van der Waals surface area contributed by atoms with Crippen molar-refractivity contribution in [1.82, 2.24) is 9.55 Å². The molecule has 0 radical (unpaired) electrons. The van der Waals surface area contributed by atoms with E-state index in [0.717, 1.165) is 12.8 Å². The summed E-state index contributed by atoms with van der Waals surface area (Å²) in [4.78, 5) is 27.8. The first-order chi connectivity index (χ1) is 9.06. The lowest BCUT2D eigenvalue weighted by Crippen LogP contribution is -2.38. The summed E-state index contributed by atoms with van der Waals surface area (Å²) in [5, 5.41) is 0. The number of unbranched alkanes of at least 4 members (excludes halogenated alkanes) is 1. The van der Waals surface area contributed by atoms with Gasteiger partial charge < -0.3 is 10.6 Å². The van der Waals surface area contributed by atoms with Crippen LogP contribution in [0.15, 0.2) is 22.2 Å². The van der Waals surface area contributed by atoms with Gasteiger partial charge in [0.2, 0.25) is 0 Å². The molecule has 0 aromatic carbocycles. The van der Waals surface area contributed by atoms with E-state index >= 15 is 0 Å². The smallest absolute Gasteiger partial charge is 0.330 e. The zero-order chi connectivity index (χ0) is 14.4. The SMILES string of the molecule is C=CCN(CC)c1c(N)n(CCCC)c(=O)[nH]c1=O. The van der Waals surface area contributed by atoms with Crippen LogP contribution in [0.1, 0.15) is 26.7 Å². The van der Waals surface area contributed by atoms with Gasteiger partial charge in [-0.15, -0.1) is 6.58 Å². The Morgan fingerprint density at radius 1 is 1.42 bits per heavy atom. The molecule has 0 fully saturated rings. The number of hydrogen-bond acceptors (Lipinski definition) is 4. The summed E-state index contributed by atoms with van der Waals surface area (Å²) in [5.74, 6) is 0.228. The van der Waals surface area contributed by atoms with E-state index in [1.54, 1.807) is 11.0 Å². The van der Waals surface area contributed by atoms with Gasteiger partial charge >= 0.3 is 5.69 Å². The van der Waals surface area contributed by atoms with Crippen molar-refractivity contribution in [3.63, 3.8) is 0 Å². The van der Waals surface area contributed by atoms with Crippen LogP contribution in [-0.4, -0.2) is 22.6 Å². The van der Waals surface area contributed by atoms with Gasteiger partial charge in [-0.1, -0.05) is 19.4 Å². The molecular weight excluding hydrogens is 244 g/mol. The number of anilines is 2. The Hall–Kier alpha value is -1.98. The number of H-pyrrole nitrogens is 1. The van der Waals surface area contributed by atoms with Crippen LogP contribution < -0.4 is 21.9 Å². The van der Waals surface area contributed by atoms with Gasteiger partial charge in [-0.25, -0.2) is 4.79 Å². The van der Waals surface area contributed by atoms with Crippen LogP contribution >= 0.6 is 0 Å². The molecule has 1 aromatic heterocycles. The van der Waals surface area contributed by atoms with E-state index in [-0.39, 0.29) is 5.82 Å². The number of likely N-dealkylation sites (N-methyl/N-ethyl adjacent to an activating group) is 1. The molecule has 0 aliphatic carbocycles. The third-order valence-electron chi connectivity index (χ3n) is 3.00. The van der Waals surface area contributed by atoms with E-state index in [0.29, 0.717) is 25.3 Å². The monoisotopic (exact) mass is 266 g/mol. The van der Waals surface area contributed by atoms with Crippen LogP contribution in [-0.2, 0) is 6.54 Å². The first-order valence-corrected chi connectivity index (χ1v) is 6.55. The van der Waals surface area contributed by atoms with Gasteiger partial charge in [-0.05, 0) is 13.3 Å². The molecule has 0 unspecified atom stereocenters. The average molecular weight is 266 g/mol. The summed E-state index contributed by atoms with van der Waals surface area (Å²) in [6, 6.07) is 0. The first kappa shape index (κ1) is 15.1. The topological polar surface area (TPSA) is 84.1 Å². The van der Waals surface area contributed by atoms with Crippen LogP contribution in [0.2, 0.25) is 0 Å². The summed E-state index contributed by atoms with van der Waals surface area (Å²) in [6.07, 6.45) is 3.48. The number of nitrogens with two attached hydrogens (primary N) is 1. The Bertz CT molecular complexity index is 545. The Labute approximate surface area is 112 Å². The summed E-state index contributed by atoms with van der Waals surface area (Å²) in [7, 11) is 0. The van der Waals surface area contributed by atoms with Gasteiger partial charge in [-0.2, -0.15) is 0 Å². The van der Waals surface area contributed by atoms with Crippen molar-refractivity contribution in [3.05, 3.63) is 33.5 Å². The fraction of sp³-hybridized carbons (Fsp3) is 0.538. The Morgan fingerprint density at radius 3 is 2.63 bits per heavy atom. The van der Waals surface area contributed by atoms with E-state index in [2.05, 4.69) is 11.6 Å². The zero-order valence-electron chi connectivity index (χ0n) is 11.6. The third-order valence-corrected chi connectivity index (χ3v) is 3.00. The van der Waals surface area contributed by atoms with Gasteiger partial charge in [-0.3, -0.25) is 14.3 Å². The van der Waals surface area contributed by atoms with E-state index in [4.69, 9.17) is 5.73 Å². The maximum Gasteiger partial charge on any atom is 0.330 e. The summed E-state index contributed by atoms with van der Waals surface area (Å²) < 4.78 is 1.42. The average Bonchev–Trinajstić information content (AvgIpc) is 2.37. The van der Waals surface area contributed by atoms with Crippen molar-refractivity contribution >= 4 is 11.5 Å². The van der Waals surface area contributed by atoms with E-state index in [1.165, 1.54) is 4.57 Å². The minimum absolute atomic E-state index is 0.228. The molecule has 6 nitrogen and oxygen atoms in total. The van der Waals surface area contributed by atoms with Crippen molar-refractivity contribution < 1.29 is 0 Å². The molecule has 0 spiro atoms. The molecule has 1 aromatic rings. The second-order valence-electron chi connectivity index (χ2n) is 4.33. The number of rotatable bonds is 7. The van der Waals surface area contributed by atoms with Crippen molar-refractivity contribution in [2.45, 2.75) is 33.2 Å². The second-order valence-corrected chi connectivity index (χ2v) is 4.33. The third kappa shape index (κ3) is 3.27. The van der Waals surface area contributed by atoms with Crippen LogP contribution in [0.4, 0.5) is 11.5 Å². The number of aromatic amines is 1. The second kappa shape index (κ2) is 6.82. The van der Waals surface area contributed by atoms with Gasteiger partial charge in [0.25, 0.3) is 5.56 Å². The van der Waals surface area contributed by atoms with E-state index in [9.17, 15) is 9.59 Å². The van der Waals surface area contributed by atoms with Crippen LogP contribution in [0.3, 0.4) is 0 Å². The normalized spacial score (nSPS) is 10.4. The Kier molecular flexibility index (Phi) is 5.41. The molecular formula is C13H22N4O2. The highest BCUT2D eigenvalue weighted by molar-refractivity contribution is 5.62. The maximum atomic E-state index is 11.9. The summed E-state index contributed by atoms with van der Waals surface area (Å²) in [6.45, 7) is 9.25. The van der Waals surface area contributed by atoms with Crippen LogP contribution in [0.25, 0.3) is 0 Å². The Balaban J connectivity index is 3.34. The molecule has 19 heavy (non-hydrogen) atoms. The molecule has 0 saturated heterocycles. The number of aromatic nitrogens is 2. The van der Waals surface area contributed by atoms with Gasteiger partial charge in [0.1, 0.15) is 11.5 Å². The summed E-state index contributed by atoms with van der Waals surface area (Å²) in [5.41, 5.74) is 5.45. The molecule has 1 heterocycles. The molecule has 6 heteroatoms. The van der Waals surface area contributed by atoms with E-state index in [1.807, 2.05) is 13.8 Å². The fourth-order valence-electron chi connectivity index (χ4n) is 1.96. The van der Waals surface area contributed by atoms with Gasteiger partial charge in [0.05, 0.1) is 0 Å². The highest BCUT2D eigenvalue weighted by atomic mass is 16.2. The first-order valence-electron chi connectivity index (χ1n) is 6.55. The molecule has 0 aliphatic rings. The largest absolute Gasteiger partial charge is 0.383 e. The molecule has 0 bridgehead atoms. The molecule has 0 saturated carbocycles. The van der Waals surface area contributed by atoms with E-state index < -0.39 is 11.2 Å². The quantitative estimate of drug-likeness (QED) is 0.719. The minimum Gasteiger partial charge on any atom is -0.383 e. The summed E-state index contributed by atoms with van der Waals surface area (Å²) >= 11 is 0. The standard InChI is InChI=1S/C13H22N4O2/c1-4-7-9-17-11(14)10(12(18)15-13(17)19)16(6-3)8-5-2/h5H,2,4,6-9,14H2,1,3H3,(H,15,18,19). The zero-order valence-corrected chi connectivity index (χ0v) is 11.6. The number of nitrogens with one attached hydrogen (secondary N) is 1. The number of nitrogens with zero attached hydrogens (tertiary/aromatic N) is 2. The maximum absolute atomic E-state index is 11.9. The molecule has 0 aliphatic heterocycles. The predicted molar refractivity (Wildman–Crippen MR) is 78.7 cm³/mol. The van der Waals surface area contributed by atoms with Crippen LogP contribution in [0, 0.1) is 0 Å². The van der Waals surface area contributed by atoms with Crippen molar-refractivity contribution in [2.24, 2.45) is 0 Å². The van der Waals surface area contributed by atoms with Crippen molar-refractivity contribution in [3.8, 4) is 0 Å². The number of nitrogen functional groups attached to an aromatic ring is 1. The lowest BCUT2D eigenvalue weighted by molar-refractivity contribution is 0.603. The lowest BCUT2D eigenvalue weighted by Gasteiger charge is -2.23. The number of hydrogen-bond donors (Lipinski definition) is 2. The van der Waals surface area contributed by atoms with Gasteiger partial charge in [0.15, 0.2) is 0 Å². The highest BCUT2D eigenvalue weighted by Gasteiger charge is 2.16. The van der Waals surface area contributed by atoms with Crippen LogP contribution in [0.5, 0.6) is 0 Å². The fourth-order valence-corrected chi connectivity index (χ4v) is 1.96. The molecule has 1 rings (SSSR count). The van der Waals surface area contributed by atoms with Crippen molar-refractivity contribution in [1.29, 1.82) is 0 Å². The molecule has 106 valence electrons.